The van der Waals surface area contributed by atoms with Crippen LogP contribution in [-0.2, 0) is 29.0 Å². The number of rotatable bonds is 4. The first-order valence-corrected chi connectivity index (χ1v) is 10.3. The average Bonchev–Trinajstić information content (AvgIpc) is 2.99. The van der Waals surface area contributed by atoms with E-state index in [9.17, 15) is 18.0 Å². The van der Waals surface area contributed by atoms with Crippen LogP contribution in [0.1, 0.15) is 30.6 Å². The fourth-order valence-electron chi connectivity index (χ4n) is 3.08. The van der Waals surface area contributed by atoms with Gasteiger partial charge in [0.05, 0.1) is 29.4 Å². The van der Waals surface area contributed by atoms with Gasteiger partial charge in [-0.15, -0.1) is 0 Å². The second-order valence-electron chi connectivity index (χ2n) is 6.57. The number of hydrogen-bond donors (Lipinski definition) is 0. The number of hydrogen-bond acceptors (Lipinski definition) is 7. The van der Waals surface area contributed by atoms with E-state index >= 15 is 0 Å². The van der Waals surface area contributed by atoms with Crippen molar-refractivity contribution in [1.29, 1.82) is 0 Å². The first-order chi connectivity index (χ1) is 12.7. The Labute approximate surface area is 162 Å². The molecule has 0 N–H and O–H groups in total. The molecular formula is C17H20ClNO7S. The molecule has 0 aliphatic carbocycles. The monoisotopic (exact) mass is 417 g/mol. The Hall–Kier alpha value is -1.68. The van der Waals surface area contributed by atoms with Crippen molar-refractivity contribution in [2.45, 2.75) is 43.5 Å². The highest BCUT2D eigenvalue weighted by atomic mass is 35.5. The number of esters is 2. The predicted octanol–water partition coefficient (Wildman–Crippen LogP) is 1.61. The molecule has 2 heterocycles. The Morgan fingerprint density at radius 3 is 2.52 bits per heavy atom. The van der Waals surface area contributed by atoms with Gasteiger partial charge in [0.1, 0.15) is 4.90 Å². The van der Waals surface area contributed by atoms with Gasteiger partial charge in [-0.2, -0.15) is 4.31 Å². The first-order valence-electron chi connectivity index (χ1n) is 8.51. The van der Waals surface area contributed by atoms with E-state index in [2.05, 4.69) is 0 Å². The fourth-order valence-corrected chi connectivity index (χ4v) is 5.17. The summed E-state index contributed by atoms with van der Waals surface area (Å²) in [5, 5.41) is -0.00127. The van der Waals surface area contributed by atoms with Gasteiger partial charge in [-0.3, -0.25) is 0 Å². The molecule has 3 atom stereocenters. The van der Waals surface area contributed by atoms with E-state index in [4.69, 9.17) is 25.8 Å². The number of sulfonamides is 1. The van der Waals surface area contributed by atoms with Crippen molar-refractivity contribution in [2.24, 2.45) is 0 Å². The summed E-state index contributed by atoms with van der Waals surface area (Å²) in [6.45, 7) is 4.13. The fraction of sp³-hybridized carbons (Fsp3) is 0.529. The number of benzene rings is 1. The van der Waals surface area contributed by atoms with Crippen LogP contribution >= 0.6 is 11.6 Å². The Morgan fingerprint density at radius 1 is 1.26 bits per heavy atom. The zero-order chi connectivity index (χ0) is 19.8. The number of halogens is 1. The molecule has 2 fully saturated rings. The van der Waals surface area contributed by atoms with Crippen molar-refractivity contribution in [2.75, 3.05) is 19.7 Å². The summed E-state index contributed by atoms with van der Waals surface area (Å²) in [6, 6.07) is 3.85. The maximum Gasteiger partial charge on any atom is 0.347 e. The third kappa shape index (κ3) is 4.26. The molecule has 0 aromatic heterocycles. The molecule has 27 heavy (non-hydrogen) atoms. The highest BCUT2D eigenvalue weighted by Crippen LogP contribution is 2.28. The van der Waals surface area contributed by atoms with Gasteiger partial charge in [-0.25, -0.2) is 18.0 Å². The summed E-state index contributed by atoms with van der Waals surface area (Å²) in [5.41, 5.74) is -0.00738. The van der Waals surface area contributed by atoms with Crippen molar-refractivity contribution in [3.8, 4) is 0 Å². The van der Waals surface area contributed by atoms with E-state index in [-0.39, 0.29) is 53.8 Å². The highest BCUT2D eigenvalue weighted by Gasteiger charge is 2.35. The molecule has 3 rings (SSSR count). The van der Waals surface area contributed by atoms with E-state index in [0.29, 0.717) is 0 Å². The lowest BCUT2D eigenvalue weighted by Gasteiger charge is -2.34. The quantitative estimate of drug-likeness (QED) is 0.686. The molecule has 2 saturated heterocycles. The number of morpholine rings is 1. The van der Waals surface area contributed by atoms with Crippen LogP contribution in [-0.4, -0.2) is 62.7 Å². The maximum absolute atomic E-state index is 13.0. The van der Waals surface area contributed by atoms with Crippen molar-refractivity contribution in [3.05, 3.63) is 28.8 Å². The molecule has 2 aliphatic rings. The lowest BCUT2D eigenvalue weighted by atomic mass is 10.2. The Bertz CT molecular complexity index is 847. The van der Waals surface area contributed by atoms with Gasteiger partial charge in [-0.05, 0) is 32.0 Å². The number of ether oxygens (including phenoxy) is 3. The molecular weight excluding hydrogens is 398 g/mol. The number of carbonyl (C=O) groups is 2. The SMILES string of the molecule is C[C@@H]1CN(S(=O)(=O)c2cc(C(=O)O[C@@H]3CCOC3=O)ccc2Cl)C[C@@H](C)O1. The first kappa shape index (κ1) is 20.1. The zero-order valence-electron chi connectivity index (χ0n) is 14.9. The molecule has 1 aromatic rings. The second-order valence-corrected chi connectivity index (χ2v) is 8.89. The van der Waals surface area contributed by atoms with Crippen LogP contribution < -0.4 is 0 Å². The molecule has 0 spiro atoms. The van der Waals surface area contributed by atoms with Crippen LogP contribution in [0.25, 0.3) is 0 Å². The van der Waals surface area contributed by atoms with Gasteiger partial charge in [0, 0.05) is 19.5 Å². The minimum Gasteiger partial charge on any atom is -0.463 e. The number of carbonyl (C=O) groups excluding carboxylic acids is 2. The molecule has 0 radical (unpaired) electrons. The van der Waals surface area contributed by atoms with Crippen molar-refractivity contribution < 1.29 is 32.2 Å². The van der Waals surface area contributed by atoms with Gasteiger partial charge < -0.3 is 14.2 Å². The third-order valence-corrected chi connectivity index (χ3v) is 6.62. The van der Waals surface area contributed by atoms with Gasteiger partial charge in [0.25, 0.3) is 0 Å². The van der Waals surface area contributed by atoms with Crippen LogP contribution in [0, 0.1) is 0 Å². The molecule has 0 unspecified atom stereocenters. The second kappa shape index (κ2) is 7.75. The Morgan fingerprint density at radius 2 is 1.93 bits per heavy atom. The molecule has 10 heteroatoms. The lowest BCUT2D eigenvalue weighted by Crippen LogP contribution is -2.48. The minimum absolute atomic E-state index is 0.00127. The molecule has 8 nitrogen and oxygen atoms in total. The molecule has 148 valence electrons. The van der Waals surface area contributed by atoms with E-state index in [0.717, 1.165) is 0 Å². The number of nitrogens with zero attached hydrogens (tertiary/aromatic N) is 1. The average molecular weight is 418 g/mol. The van der Waals surface area contributed by atoms with Crippen molar-refractivity contribution >= 4 is 33.6 Å². The van der Waals surface area contributed by atoms with Crippen LogP contribution in [0.15, 0.2) is 23.1 Å². The Kier molecular flexibility index (Phi) is 5.76. The topological polar surface area (TPSA) is 99.2 Å². The minimum atomic E-state index is -3.93. The van der Waals surface area contributed by atoms with Crippen LogP contribution in [0.2, 0.25) is 5.02 Å². The summed E-state index contributed by atoms with van der Waals surface area (Å²) < 4.78 is 42.8. The van der Waals surface area contributed by atoms with E-state index in [1.54, 1.807) is 13.8 Å². The molecule has 0 bridgehead atoms. The van der Waals surface area contributed by atoms with Crippen LogP contribution in [0.5, 0.6) is 0 Å². The standard InChI is InChI=1S/C17H20ClNO7S/c1-10-8-19(9-11(2)25-10)27(22,23)15-7-12(3-4-13(15)18)16(20)26-14-5-6-24-17(14)21/h3-4,7,10-11,14H,5-6,8-9H2,1-2H3/t10-,11-,14-/m1/s1. The predicted molar refractivity (Wildman–Crippen MR) is 95.0 cm³/mol. The molecule has 0 amide bonds. The lowest BCUT2D eigenvalue weighted by molar-refractivity contribution is -0.145. The maximum atomic E-state index is 13.0. The van der Waals surface area contributed by atoms with Gasteiger partial charge in [0.2, 0.25) is 16.1 Å². The molecule has 0 saturated carbocycles. The summed E-state index contributed by atoms with van der Waals surface area (Å²) in [4.78, 5) is 23.6. The van der Waals surface area contributed by atoms with E-state index in [1.165, 1.54) is 22.5 Å². The number of cyclic esters (lactones) is 1. The normalized spacial score (nSPS) is 26.6. The Balaban J connectivity index is 1.86. The largest absolute Gasteiger partial charge is 0.463 e. The van der Waals surface area contributed by atoms with Crippen LogP contribution in [0.3, 0.4) is 0 Å². The summed E-state index contributed by atoms with van der Waals surface area (Å²) in [6.07, 6.45) is -1.23. The highest BCUT2D eigenvalue weighted by molar-refractivity contribution is 7.89. The zero-order valence-corrected chi connectivity index (χ0v) is 16.5. The van der Waals surface area contributed by atoms with E-state index in [1.807, 2.05) is 0 Å². The smallest absolute Gasteiger partial charge is 0.347 e. The van der Waals surface area contributed by atoms with Gasteiger partial charge >= 0.3 is 11.9 Å². The van der Waals surface area contributed by atoms with Gasteiger partial charge in [0.15, 0.2) is 0 Å². The van der Waals surface area contributed by atoms with Gasteiger partial charge in [-0.1, -0.05) is 11.6 Å². The van der Waals surface area contributed by atoms with Crippen LogP contribution in [0.4, 0.5) is 0 Å². The van der Waals surface area contributed by atoms with Crippen molar-refractivity contribution in [1.82, 2.24) is 4.31 Å². The third-order valence-electron chi connectivity index (χ3n) is 4.31. The molecule has 2 aliphatic heterocycles. The summed E-state index contributed by atoms with van der Waals surface area (Å²) >= 11 is 6.11. The summed E-state index contributed by atoms with van der Waals surface area (Å²) in [5.74, 6) is -1.42. The van der Waals surface area contributed by atoms with E-state index < -0.39 is 28.1 Å². The van der Waals surface area contributed by atoms with Crippen molar-refractivity contribution in [3.63, 3.8) is 0 Å². The molecule has 1 aromatic carbocycles. The summed E-state index contributed by atoms with van der Waals surface area (Å²) in [7, 11) is -3.93.